The molecule has 1 unspecified atom stereocenters. The Bertz CT molecular complexity index is 377. The molecular weight excluding hydrogens is 238 g/mol. The van der Waals surface area contributed by atoms with Gasteiger partial charge in [-0.25, -0.2) is 4.98 Å². The first-order chi connectivity index (χ1) is 7.97. The molecule has 5 nitrogen and oxygen atoms in total. The van der Waals surface area contributed by atoms with Crippen molar-refractivity contribution in [1.82, 2.24) is 9.55 Å². The summed E-state index contributed by atoms with van der Waals surface area (Å²) in [5.74, 6) is 0.522. The van der Waals surface area contributed by atoms with E-state index in [0.29, 0.717) is 6.42 Å². The number of aromatic nitrogens is 2. The second kappa shape index (κ2) is 6.07. The van der Waals surface area contributed by atoms with Crippen molar-refractivity contribution in [3.05, 3.63) is 12.4 Å². The Labute approximate surface area is 106 Å². The van der Waals surface area contributed by atoms with Gasteiger partial charge < -0.3 is 15.0 Å². The first-order valence-corrected chi connectivity index (χ1v) is 6.43. The number of hydrogen-bond acceptors (Lipinski definition) is 5. The predicted octanol–water partition coefficient (Wildman–Crippen LogP) is 1.18. The molecule has 0 aliphatic rings. The van der Waals surface area contributed by atoms with Crippen LogP contribution in [0.1, 0.15) is 19.8 Å². The van der Waals surface area contributed by atoms with Gasteiger partial charge in [-0.3, -0.25) is 4.79 Å². The van der Waals surface area contributed by atoms with E-state index in [1.165, 1.54) is 7.11 Å². The van der Waals surface area contributed by atoms with E-state index in [9.17, 15) is 4.79 Å². The Hall–Kier alpha value is -1.01. The molecule has 0 fully saturated rings. The van der Waals surface area contributed by atoms with E-state index >= 15 is 0 Å². The lowest BCUT2D eigenvalue weighted by Crippen LogP contribution is -2.45. The van der Waals surface area contributed by atoms with Gasteiger partial charge in [-0.15, -0.1) is 0 Å². The van der Waals surface area contributed by atoms with Gasteiger partial charge in [-0.2, -0.15) is 0 Å². The van der Waals surface area contributed by atoms with Crippen LogP contribution in [0.25, 0.3) is 0 Å². The molecule has 1 aromatic rings. The molecule has 2 N–H and O–H groups in total. The molecule has 0 saturated carbocycles. The molecule has 0 aromatic carbocycles. The van der Waals surface area contributed by atoms with Crippen LogP contribution >= 0.6 is 11.8 Å². The molecule has 0 saturated heterocycles. The average Bonchev–Trinajstić information content (AvgIpc) is 2.69. The summed E-state index contributed by atoms with van der Waals surface area (Å²) in [4.78, 5) is 15.5. The maximum atomic E-state index is 11.3. The van der Waals surface area contributed by atoms with Gasteiger partial charge in [0, 0.05) is 25.2 Å². The van der Waals surface area contributed by atoms with E-state index in [2.05, 4.69) is 9.72 Å². The van der Waals surface area contributed by atoms with Gasteiger partial charge >= 0.3 is 5.97 Å². The van der Waals surface area contributed by atoms with E-state index in [-0.39, 0.29) is 5.97 Å². The highest BCUT2D eigenvalue weighted by Crippen LogP contribution is 2.19. The SMILES string of the molecule is COC(=O)C(C)(N)CCCSc1nccn1C. The van der Waals surface area contributed by atoms with Gasteiger partial charge in [0.05, 0.1) is 7.11 Å². The Kier molecular flexibility index (Phi) is 5.02. The Morgan fingerprint density at radius 2 is 2.41 bits per heavy atom. The van der Waals surface area contributed by atoms with Crippen LogP contribution in [0.2, 0.25) is 0 Å². The van der Waals surface area contributed by atoms with Crippen molar-refractivity contribution < 1.29 is 9.53 Å². The molecule has 6 heteroatoms. The minimum Gasteiger partial charge on any atom is -0.468 e. The summed E-state index contributed by atoms with van der Waals surface area (Å²) in [7, 11) is 3.31. The molecule has 0 radical (unpaired) electrons. The second-order valence-corrected chi connectivity index (χ2v) is 5.24. The topological polar surface area (TPSA) is 70.1 Å². The quantitative estimate of drug-likeness (QED) is 0.471. The molecule has 0 spiro atoms. The zero-order chi connectivity index (χ0) is 12.9. The number of aryl methyl sites for hydroxylation is 1. The van der Waals surface area contributed by atoms with Crippen LogP contribution in [0.5, 0.6) is 0 Å². The normalized spacial score (nSPS) is 14.4. The zero-order valence-electron chi connectivity index (χ0n) is 10.5. The largest absolute Gasteiger partial charge is 0.468 e. The number of carbonyl (C=O) groups is 1. The monoisotopic (exact) mass is 257 g/mol. The van der Waals surface area contributed by atoms with Crippen LogP contribution in [0.4, 0.5) is 0 Å². The standard InChI is InChI=1S/C11H19N3O2S/c1-11(12,9(15)16-3)5-4-8-17-10-13-6-7-14(10)2/h6-7H,4-5,8,12H2,1-3H3. The number of methoxy groups -OCH3 is 1. The number of esters is 1. The van der Waals surface area contributed by atoms with Crippen LogP contribution in [0.15, 0.2) is 17.6 Å². The molecule has 96 valence electrons. The third-order valence-corrected chi connectivity index (χ3v) is 3.64. The molecule has 1 heterocycles. The maximum Gasteiger partial charge on any atom is 0.325 e. The minimum atomic E-state index is -0.892. The molecule has 17 heavy (non-hydrogen) atoms. The van der Waals surface area contributed by atoms with Crippen molar-refractivity contribution in [2.45, 2.75) is 30.5 Å². The van der Waals surface area contributed by atoms with Gasteiger partial charge in [0.2, 0.25) is 0 Å². The van der Waals surface area contributed by atoms with Crippen LogP contribution in [0, 0.1) is 0 Å². The molecule has 1 rings (SSSR count). The number of thioether (sulfide) groups is 1. The second-order valence-electron chi connectivity index (χ2n) is 4.18. The average molecular weight is 257 g/mol. The third kappa shape index (κ3) is 4.05. The number of rotatable bonds is 6. The van der Waals surface area contributed by atoms with Crippen LogP contribution in [-0.4, -0.2) is 33.9 Å². The number of hydrogen-bond donors (Lipinski definition) is 1. The summed E-state index contributed by atoms with van der Waals surface area (Å²) in [6.45, 7) is 1.70. The number of carbonyl (C=O) groups excluding carboxylic acids is 1. The van der Waals surface area contributed by atoms with Crippen LogP contribution < -0.4 is 5.73 Å². The smallest absolute Gasteiger partial charge is 0.325 e. The summed E-state index contributed by atoms with van der Waals surface area (Å²) in [5, 5.41) is 0.974. The van der Waals surface area contributed by atoms with Gasteiger partial charge in [-0.1, -0.05) is 11.8 Å². The van der Waals surface area contributed by atoms with Crippen molar-refractivity contribution in [1.29, 1.82) is 0 Å². The number of nitrogens with two attached hydrogens (primary N) is 1. The lowest BCUT2D eigenvalue weighted by molar-refractivity contribution is -0.146. The lowest BCUT2D eigenvalue weighted by atomic mass is 9.98. The van der Waals surface area contributed by atoms with E-state index in [1.807, 2.05) is 17.8 Å². The van der Waals surface area contributed by atoms with Crippen molar-refractivity contribution in [2.24, 2.45) is 12.8 Å². The fourth-order valence-corrected chi connectivity index (χ4v) is 2.30. The predicted molar refractivity (Wildman–Crippen MR) is 67.8 cm³/mol. The number of ether oxygens (including phenoxy) is 1. The summed E-state index contributed by atoms with van der Waals surface area (Å²) < 4.78 is 6.61. The van der Waals surface area contributed by atoms with Gasteiger partial charge in [0.25, 0.3) is 0 Å². The lowest BCUT2D eigenvalue weighted by Gasteiger charge is -2.20. The minimum absolute atomic E-state index is 0.362. The highest BCUT2D eigenvalue weighted by Gasteiger charge is 2.28. The summed E-state index contributed by atoms with van der Waals surface area (Å²) in [6.07, 6.45) is 5.13. The first-order valence-electron chi connectivity index (χ1n) is 5.45. The highest BCUT2D eigenvalue weighted by atomic mass is 32.2. The fourth-order valence-electron chi connectivity index (χ4n) is 1.43. The Morgan fingerprint density at radius 1 is 1.71 bits per heavy atom. The molecule has 0 aliphatic carbocycles. The fraction of sp³-hybridized carbons (Fsp3) is 0.636. The first kappa shape index (κ1) is 14.1. The summed E-state index contributed by atoms with van der Waals surface area (Å²) in [5.41, 5.74) is 4.96. The third-order valence-electron chi connectivity index (χ3n) is 2.50. The summed E-state index contributed by atoms with van der Waals surface area (Å²) in [6, 6.07) is 0. The van der Waals surface area contributed by atoms with Crippen LogP contribution in [-0.2, 0) is 16.6 Å². The van der Waals surface area contributed by atoms with E-state index in [0.717, 1.165) is 17.3 Å². The Balaban J connectivity index is 2.29. The molecular formula is C11H19N3O2S. The summed E-state index contributed by atoms with van der Waals surface area (Å²) >= 11 is 1.66. The molecule has 1 atom stereocenters. The van der Waals surface area contributed by atoms with Gasteiger partial charge in [0.15, 0.2) is 5.16 Å². The van der Waals surface area contributed by atoms with Crippen molar-refractivity contribution in [2.75, 3.05) is 12.9 Å². The molecule has 0 amide bonds. The van der Waals surface area contributed by atoms with E-state index in [4.69, 9.17) is 5.73 Å². The van der Waals surface area contributed by atoms with Crippen LogP contribution in [0.3, 0.4) is 0 Å². The Morgan fingerprint density at radius 3 is 2.94 bits per heavy atom. The molecule has 1 aromatic heterocycles. The van der Waals surface area contributed by atoms with E-state index in [1.54, 1.807) is 24.9 Å². The van der Waals surface area contributed by atoms with E-state index < -0.39 is 5.54 Å². The van der Waals surface area contributed by atoms with Crippen molar-refractivity contribution >= 4 is 17.7 Å². The zero-order valence-corrected chi connectivity index (χ0v) is 11.3. The highest BCUT2D eigenvalue weighted by molar-refractivity contribution is 7.99. The van der Waals surface area contributed by atoms with Gasteiger partial charge in [-0.05, 0) is 19.8 Å². The number of imidazole rings is 1. The molecule has 0 bridgehead atoms. The van der Waals surface area contributed by atoms with Crippen molar-refractivity contribution in [3.8, 4) is 0 Å². The number of nitrogens with zero attached hydrogens (tertiary/aromatic N) is 2. The maximum absolute atomic E-state index is 11.3. The van der Waals surface area contributed by atoms with Gasteiger partial charge in [0.1, 0.15) is 5.54 Å². The molecule has 0 aliphatic heterocycles. The van der Waals surface area contributed by atoms with Crippen molar-refractivity contribution in [3.63, 3.8) is 0 Å².